The van der Waals surface area contributed by atoms with E-state index in [9.17, 15) is 9.90 Å². The van der Waals surface area contributed by atoms with Crippen molar-refractivity contribution in [3.05, 3.63) is 92.9 Å². The Bertz CT molecular complexity index is 1540. The van der Waals surface area contributed by atoms with Crippen molar-refractivity contribution in [3.8, 4) is 5.75 Å². The molecule has 2 amide bonds. The average molecular weight is 580 g/mol. The highest BCUT2D eigenvalue weighted by molar-refractivity contribution is 7.16. The van der Waals surface area contributed by atoms with Gasteiger partial charge in [0.15, 0.2) is 0 Å². The van der Waals surface area contributed by atoms with Gasteiger partial charge in [-0.15, -0.1) is 11.3 Å². The van der Waals surface area contributed by atoms with Crippen molar-refractivity contribution >= 4 is 62.5 Å². The molecule has 2 N–H and O–H groups in total. The lowest BCUT2D eigenvalue weighted by Gasteiger charge is -2.39. The van der Waals surface area contributed by atoms with Gasteiger partial charge in [0.2, 0.25) is 0 Å². The molecule has 1 saturated heterocycles. The Kier molecular flexibility index (Phi) is 7.25. The first kappa shape index (κ1) is 26.1. The lowest BCUT2D eigenvalue weighted by molar-refractivity contribution is 0.180. The van der Waals surface area contributed by atoms with E-state index < -0.39 is 0 Å². The van der Waals surface area contributed by atoms with E-state index in [0.29, 0.717) is 23.1 Å². The number of thiazole rings is 1. The number of urea groups is 1. The number of likely N-dealkylation sites (tertiary alicyclic amines) is 1. The molecule has 0 bridgehead atoms. The minimum absolute atomic E-state index is 0.109. The van der Waals surface area contributed by atoms with E-state index in [2.05, 4.69) is 34.5 Å². The van der Waals surface area contributed by atoms with Crippen LogP contribution in [0.1, 0.15) is 29.5 Å². The van der Waals surface area contributed by atoms with Gasteiger partial charge in [0.05, 0.1) is 31.5 Å². The van der Waals surface area contributed by atoms with E-state index in [0.717, 1.165) is 59.5 Å². The normalized spacial score (nSPS) is 16.8. The van der Waals surface area contributed by atoms with Crippen molar-refractivity contribution in [2.75, 3.05) is 31.1 Å². The largest absolute Gasteiger partial charge is 0.508 e. The van der Waals surface area contributed by atoms with Gasteiger partial charge in [-0.1, -0.05) is 53.6 Å². The second-order valence-corrected chi connectivity index (χ2v) is 11.9. The molecule has 4 aromatic rings. The molecule has 6 nitrogen and oxygen atoms in total. The number of hydrogen-bond acceptors (Lipinski definition) is 5. The summed E-state index contributed by atoms with van der Waals surface area (Å²) >= 11 is 13.8. The Hall–Kier alpha value is -3.10. The summed E-state index contributed by atoms with van der Waals surface area (Å²) in [5.41, 5.74) is 6.95. The number of phenols is 1. The lowest BCUT2D eigenvalue weighted by Crippen LogP contribution is -2.47. The summed E-state index contributed by atoms with van der Waals surface area (Å²) in [6.45, 7) is 3.77. The molecule has 0 atom stereocenters. The maximum absolute atomic E-state index is 13.4. The number of hydrogen-bond donors (Lipinski definition) is 2. The van der Waals surface area contributed by atoms with Crippen LogP contribution < -0.4 is 10.2 Å². The predicted octanol–water partition coefficient (Wildman–Crippen LogP) is 7.09. The maximum Gasteiger partial charge on any atom is 0.322 e. The van der Waals surface area contributed by atoms with E-state index in [-0.39, 0.29) is 17.2 Å². The van der Waals surface area contributed by atoms with Crippen molar-refractivity contribution in [1.82, 2.24) is 15.2 Å². The number of anilines is 1. The molecule has 9 heteroatoms. The Morgan fingerprint density at radius 1 is 1.08 bits per heavy atom. The molecule has 0 unspecified atom stereocenters. The molecule has 0 saturated carbocycles. The summed E-state index contributed by atoms with van der Waals surface area (Å²) in [6.07, 6.45) is 6.16. The van der Waals surface area contributed by atoms with Crippen LogP contribution in [0.15, 0.2) is 66.2 Å². The molecule has 39 heavy (non-hydrogen) atoms. The standard InChI is InChI=1S/C30H28Cl2N4O2S/c31-23-8-5-20(16-24(23)32)2-1-13-35-14-11-30(12-15-35)18-36(25-9-10-26-28(27(25)30)34-19-39-26)29(38)33-17-21-3-6-22(37)7-4-21/h1-10,16,19,37H,11-15,17-18H2,(H,33,38). The lowest BCUT2D eigenvalue weighted by atomic mass is 9.74. The van der Waals surface area contributed by atoms with Crippen LogP contribution in [-0.4, -0.2) is 47.2 Å². The second-order valence-electron chi connectivity index (χ2n) is 10.2. The number of phenolic OH excluding ortho intramolecular Hbond substituents is 1. The van der Waals surface area contributed by atoms with Crippen molar-refractivity contribution in [3.63, 3.8) is 0 Å². The smallest absolute Gasteiger partial charge is 0.322 e. The van der Waals surface area contributed by atoms with Gasteiger partial charge in [-0.3, -0.25) is 9.80 Å². The number of halogens is 2. The van der Waals surface area contributed by atoms with Gasteiger partial charge >= 0.3 is 6.03 Å². The number of rotatable bonds is 5. The molecular weight excluding hydrogens is 551 g/mol. The van der Waals surface area contributed by atoms with Gasteiger partial charge in [-0.25, -0.2) is 9.78 Å². The van der Waals surface area contributed by atoms with Crippen LogP contribution in [0, 0.1) is 0 Å². The minimum atomic E-state index is -0.122. The number of amides is 2. The van der Waals surface area contributed by atoms with Crippen LogP contribution in [0.5, 0.6) is 5.75 Å². The molecule has 0 radical (unpaired) electrons. The van der Waals surface area contributed by atoms with Crippen LogP contribution in [0.25, 0.3) is 16.3 Å². The van der Waals surface area contributed by atoms with Gasteiger partial charge in [0, 0.05) is 30.6 Å². The van der Waals surface area contributed by atoms with Gasteiger partial charge in [-0.2, -0.15) is 0 Å². The highest BCUT2D eigenvalue weighted by Gasteiger charge is 2.47. The molecule has 6 rings (SSSR count). The van der Waals surface area contributed by atoms with Gasteiger partial charge in [-0.05, 0) is 73.5 Å². The Labute approximate surface area is 241 Å². The number of nitrogens with one attached hydrogen (secondary N) is 1. The van der Waals surface area contributed by atoms with Crippen LogP contribution in [0.4, 0.5) is 10.5 Å². The summed E-state index contributed by atoms with van der Waals surface area (Å²) in [4.78, 5) is 22.5. The monoisotopic (exact) mass is 578 g/mol. The summed E-state index contributed by atoms with van der Waals surface area (Å²) < 4.78 is 1.16. The number of carbonyl (C=O) groups excluding carboxylic acids is 1. The van der Waals surface area contributed by atoms with Crippen molar-refractivity contribution in [2.24, 2.45) is 0 Å². The first-order chi connectivity index (χ1) is 18.9. The summed E-state index contributed by atoms with van der Waals surface area (Å²) in [5, 5.41) is 13.7. The zero-order valence-corrected chi connectivity index (χ0v) is 23.6. The van der Waals surface area contributed by atoms with Crippen LogP contribution in [-0.2, 0) is 12.0 Å². The topological polar surface area (TPSA) is 68.7 Å². The Morgan fingerprint density at radius 2 is 1.87 bits per heavy atom. The van der Waals surface area contributed by atoms with E-state index in [1.807, 2.05) is 40.7 Å². The number of carbonyl (C=O) groups is 1. The number of piperidine rings is 1. The first-order valence-electron chi connectivity index (χ1n) is 13.0. The molecule has 2 aliphatic heterocycles. The Balaban J connectivity index is 1.17. The third-order valence-corrected chi connectivity index (χ3v) is 9.35. The van der Waals surface area contributed by atoms with Crippen LogP contribution in [0.2, 0.25) is 10.0 Å². The van der Waals surface area contributed by atoms with E-state index >= 15 is 0 Å². The summed E-state index contributed by atoms with van der Waals surface area (Å²) in [5.74, 6) is 0.212. The fourth-order valence-corrected chi connectivity index (χ4v) is 6.72. The molecule has 1 spiro atoms. The van der Waals surface area contributed by atoms with Gasteiger partial charge < -0.3 is 10.4 Å². The van der Waals surface area contributed by atoms with Crippen molar-refractivity contribution in [1.29, 1.82) is 0 Å². The third kappa shape index (κ3) is 5.24. The van der Waals surface area contributed by atoms with Crippen LogP contribution >= 0.6 is 34.5 Å². The van der Waals surface area contributed by atoms with Gasteiger partial charge in [0.25, 0.3) is 0 Å². The number of benzene rings is 3. The SMILES string of the molecule is O=C(NCc1ccc(O)cc1)N1CC2(CCN(CC=Cc3ccc(Cl)c(Cl)c3)CC2)c2c1ccc1scnc21. The third-order valence-electron chi connectivity index (χ3n) is 7.82. The molecule has 0 aliphatic carbocycles. The molecule has 2 aliphatic rings. The minimum Gasteiger partial charge on any atom is -0.508 e. The summed E-state index contributed by atoms with van der Waals surface area (Å²) in [6, 6.07) is 16.6. The maximum atomic E-state index is 13.4. The molecule has 200 valence electrons. The molecule has 1 fully saturated rings. The highest BCUT2D eigenvalue weighted by Crippen LogP contribution is 2.50. The van der Waals surface area contributed by atoms with E-state index in [4.69, 9.17) is 28.2 Å². The van der Waals surface area contributed by atoms with E-state index in [1.165, 1.54) is 5.56 Å². The van der Waals surface area contributed by atoms with Crippen molar-refractivity contribution in [2.45, 2.75) is 24.8 Å². The summed E-state index contributed by atoms with van der Waals surface area (Å²) in [7, 11) is 0. The highest BCUT2D eigenvalue weighted by atomic mass is 35.5. The zero-order chi connectivity index (χ0) is 27.0. The Morgan fingerprint density at radius 3 is 2.64 bits per heavy atom. The second kappa shape index (κ2) is 10.8. The fourth-order valence-electron chi connectivity index (χ4n) is 5.73. The number of aromatic hydroxyl groups is 1. The predicted molar refractivity (Wildman–Crippen MR) is 160 cm³/mol. The van der Waals surface area contributed by atoms with E-state index in [1.54, 1.807) is 23.5 Å². The molecule has 3 heterocycles. The molecular formula is C30H28Cl2N4O2S. The van der Waals surface area contributed by atoms with Crippen LogP contribution in [0.3, 0.4) is 0 Å². The average Bonchev–Trinajstić information content (AvgIpc) is 3.54. The number of fused-ring (bicyclic) bond motifs is 4. The number of aromatic nitrogens is 1. The number of nitrogens with zero attached hydrogens (tertiary/aromatic N) is 3. The molecule has 1 aromatic heterocycles. The fraction of sp³-hybridized carbons (Fsp3) is 0.267. The zero-order valence-electron chi connectivity index (χ0n) is 21.2. The van der Waals surface area contributed by atoms with Crippen molar-refractivity contribution < 1.29 is 9.90 Å². The molecule has 3 aromatic carbocycles. The quantitative estimate of drug-likeness (QED) is 0.265. The van der Waals surface area contributed by atoms with Gasteiger partial charge in [0.1, 0.15) is 5.75 Å². The first-order valence-corrected chi connectivity index (χ1v) is 14.6.